The number of fused-ring (bicyclic) bond motifs is 1. The highest BCUT2D eigenvalue weighted by Crippen LogP contribution is 2.18. The van der Waals surface area contributed by atoms with Gasteiger partial charge in [0.05, 0.1) is 24.7 Å². The Balaban J connectivity index is 2.25. The fourth-order valence-corrected chi connectivity index (χ4v) is 2.30. The number of nitrogens with zero attached hydrogens (tertiary/aromatic N) is 1. The van der Waals surface area contributed by atoms with Crippen LogP contribution in [0.5, 0.6) is 5.75 Å². The van der Waals surface area contributed by atoms with Crippen molar-refractivity contribution in [3.05, 3.63) is 74.8 Å². The second-order valence-corrected chi connectivity index (χ2v) is 4.71. The Kier molecular flexibility index (Phi) is 3.31. The van der Waals surface area contributed by atoms with Crippen LogP contribution in [0.25, 0.3) is 11.0 Å². The lowest BCUT2D eigenvalue weighted by Gasteiger charge is -2.11. The van der Waals surface area contributed by atoms with Gasteiger partial charge in [0, 0.05) is 6.07 Å². The standard InChI is InChI=1S/C16H14N2O3/c1-21-12-7-8-13-14(9-12)18(16(20)15(19)17-13)10-11-5-3-2-4-6-11/h2-9H,10H2,1H3,(H,17,19). The van der Waals surface area contributed by atoms with E-state index < -0.39 is 11.1 Å². The third kappa shape index (κ3) is 2.45. The van der Waals surface area contributed by atoms with Crippen LogP contribution in [0, 0.1) is 0 Å². The van der Waals surface area contributed by atoms with Gasteiger partial charge in [-0.3, -0.25) is 14.2 Å². The monoisotopic (exact) mass is 282 g/mol. The number of hydrogen-bond acceptors (Lipinski definition) is 3. The van der Waals surface area contributed by atoms with Crippen LogP contribution in [0.15, 0.2) is 58.1 Å². The van der Waals surface area contributed by atoms with Crippen LogP contribution in [0.1, 0.15) is 5.56 Å². The lowest BCUT2D eigenvalue weighted by atomic mass is 10.2. The maximum atomic E-state index is 12.2. The molecule has 1 aromatic heterocycles. The Morgan fingerprint density at radius 1 is 1.10 bits per heavy atom. The Labute approximate surface area is 120 Å². The zero-order chi connectivity index (χ0) is 14.8. The first-order valence-electron chi connectivity index (χ1n) is 6.54. The molecule has 2 aromatic carbocycles. The topological polar surface area (TPSA) is 64.1 Å². The van der Waals surface area contributed by atoms with Gasteiger partial charge in [-0.25, -0.2) is 0 Å². The van der Waals surface area contributed by atoms with Crippen molar-refractivity contribution in [1.82, 2.24) is 9.55 Å². The van der Waals surface area contributed by atoms with E-state index in [-0.39, 0.29) is 0 Å². The van der Waals surface area contributed by atoms with E-state index in [0.29, 0.717) is 23.3 Å². The zero-order valence-electron chi connectivity index (χ0n) is 11.5. The molecule has 3 rings (SSSR count). The van der Waals surface area contributed by atoms with Crippen molar-refractivity contribution in [3.63, 3.8) is 0 Å². The number of aromatic amines is 1. The van der Waals surface area contributed by atoms with Crippen molar-refractivity contribution in [1.29, 1.82) is 0 Å². The van der Waals surface area contributed by atoms with E-state index in [4.69, 9.17) is 4.74 Å². The van der Waals surface area contributed by atoms with E-state index in [9.17, 15) is 9.59 Å². The summed E-state index contributed by atoms with van der Waals surface area (Å²) in [6, 6.07) is 14.8. The summed E-state index contributed by atoms with van der Waals surface area (Å²) in [5, 5.41) is 0. The van der Waals surface area contributed by atoms with Crippen molar-refractivity contribution in [2.24, 2.45) is 0 Å². The zero-order valence-corrected chi connectivity index (χ0v) is 11.5. The molecule has 5 nitrogen and oxygen atoms in total. The van der Waals surface area contributed by atoms with Crippen LogP contribution in [0.2, 0.25) is 0 Å². The minimum atomic E-state index is -0.622. The van der Waals surface area contributed by atoms with Gasteiger partial charge in [-0.05, 0) is 17.7 Å². The van der Waals surface area contributed by atoms with Crippen molar-refractivity contribution in [2.45, 2.75) is 6.54 Å². The minimum absolute atomic E-state index is 0.341. The Morgan fingerprint density at radius 3 is 2.57 bits per heavy atom. The normalized spacial score (nSPS) is 10.7. The van der Waals surface area contributed by atoms with Gasteiger partial charge >= 0.3 is 11.1 Å². The smallest absolute Gasteiger partial charge is 0.317 e. The van der Waals surface area contributed by atoms with Gasteiger partial charge in [-0.15, -0.1) is 0 Å². The van der Waals surface area contributed by atoms with E-state index in [1.807, 2.05) is 30.3 Å². The van der Waals surface area contributed by atoms with Crippen molar-refractivity contribution < 1.29 is 4.74 Å². The summed E-state index contributed by atoms with van der Waals surface area (Å²) in [4.78, 5) is 26.5. The van der Waals surface area contributed by atoms with E-state index >= 15 is 0 Å². The average molecular weight is 282 g/mol. The van der Waals surface area contributed by atoms with Gasteiger partial charge in [-0.2, -0.15) is 0 Å². The molecule has 0 amide bonds. The van der Waals surface area contributed by atoms with Gasteiger partial charge in [0.25, 0.3) is 0 Å². The number of nitrogens with one attached hydrogen (secondary N) is 1. The molecule has 5 heteroatoms. The van der Waals surface area contributed by atoms with E-state index in [2.05, 4.69) is 4.98 Å². The molecule has 0 fully saturated rings. The fourth-order valence-electron chi connectivity index (χ4n) is 2.30. The molecule has 0 spiro atoms. The summed E-state index contributed by atoms with van der Waals surface area (Å²) in [6.07, 6.45) is 0. The molecule has 0 aliphatic rings. The number of H-pyrrole nitrogens is 1. The molecule has 0 aliphatic heterocycles. The minimum Gasteiger partial charge on any atom is -0.497 e. The molecular weight excluding hydrogens is 268 g/mol. The van der Waals surface area contributed by atoms with Crippen LogP contribution >= 0.6 is 0 Å². The molecule has 0 saturated carbocycles. The summed E-state index contributed by atoms with van der Waals surface area (Å²) >= 11 is 0. The van der Waals surface area contributed by atoms with Gasteiger partial charge < -0.3 is 9.72 Å². The Morgan fingerprint density at radius 2 is 1.86 bits per heavy atom. The molecule has 106 valence electrons. The molecule has 0 aliphatic carbocycles. The van der Waals surface area contributed by atoms with Gasteiger partial charge in [0.1, 0.15) is 5.75 Å². The fraction of sp³-hybridized carbons (Fsp3) is 0.125. The quantitative estimate of drug-likeness (QED) is 0.744. The van der Waals surface area contributed by atoms with Crippen LogP contribution in [-0.2, 0) is 6.54 Å². The molecular formula is C16H14N2O3. The summed E-state index contributed by atoms with van der Waals surface area (Å²) in [5.74, 6) is 0.635. The lowest BCUT2D eigenvalue weighted by molar-refractivity contribution is 0.415. The van der Waals surface area contributed by atoms with Crippen LogP contribution < -0.4 is 15.9 Å². The van der Waals surface area contributed by atoms with Crippen molar-refractivity contribution in [3.8, 4) is 5.75 Å². The Bertz CT molecular complexity index is 895. The Hall–Kier alpha value is -2.82. The lowest BCUT2D eigenvalue weighted by Crippen LogP contribution is -2.36. The first-order valence-corrected chi connectivity index (χ1v) is 6.54. The molecule has 0 bridgehead atoms. The highest BCUT2D eigenvalue weighted by Gasteiger charge is 2.09. The number of ether oxygens (including phenoxy) is 1. The number of hydrogen-bond donors (Lipinski definition) is 1. The van der Waals surface area contributed by atoms with E-state index in [1.54, 1.807) is 25.3 Å². The van der Waals surface area contributed by atoms with Crippen LogP contribution in [0.3, 0.4) is 0 Å². The molecule has 0 atom stereocenters. The molecule has 0 radical (unpaired) electrons. The van der Waals surface area contributed by atoms with Gasteiger partial charge in [0.15, 0.2) is 0 Å². The maximum Gasteiger partial charge on any atom is 0.317 e. The molecule has 3 aromatic rings. The summed E-state index contributed by atoms with van der Waals surface area (Å²) in [5.41, 5.74) is 1.01. The van der Waals surface area contributed by atoms with Crippen LogP contribution in [-0.4, -0.2) is 16.7 Å². The number of methoxy groups -OCH3 is 1. The predicted octanol–water partition coefficient (Wildman–Crippen LogP) is 1.75. The summed E-state index contributed by atoms with van der Waals surface area (Å²) in [7, 11) is 1.56. The molecule has 21 heavy (non-hydrogen) atoms. The second kappa shape index (κ2) is 5.28. The molecule has 1 N–H and O–H groups in total. The first-order chi connectivity index (χ1) is 10.2. The molecule has 0 unspecified atom stereocenters. The second-order valence-electron chi connectivity index (χ2n) is 4.71. The van der Waals surface area contributed by atoms with Gasteiger partial charge in [0.2, 0.25) is 0 Å². The number of aromatic nitrogens is 2. The average Bonchev–Trinajstić information content (AvgIpc) is 2.52. The highest BCUT2D eigenvalue weighted by molar-refractivity contribution is 5.76. The molecule has 1 heterocycles. The number of benzene rings is 2. The van der Waals surface area contributed by atoms with Crippen molar-refractivity contribution >= 4 is 11.0 Å². The maximum absolute atomic E-state index is 12.2. The largest absolute Gasteiger partial charge is 0.497 e. The molecule has 0 saturated heterocycles. The first kappa shape index (κ1) is 13.2. The highest BCUT2D eigenvalue weighted by atomic mass is 16.5. The van der Waals surface area contributed by atoms with Crippen molar-refractivity contribution in [2.75, 3.05) is 7.11 Å². The summed E-state index contributed by atoms with van der Waals surface area (Å²) < 4.78 is 6.65. The third-order valence-corrected chi connectivity index (χ3v) is 3.37. The number of rotatable bonds is 3. The SMILES string of the molecule is COc1ccc2[nH]c(=O)c(=O)n(Cc3ccccc3)c2c1. The third-order valence-electron chi connectivity index (χ3n) is 3.37. The van der Waals surface area contributed by atoms with Gasteiger partial charge in [-0.1, -0.05) is 30.3 Å². The summed E-state index contributed by atoms with van der Waals surface area (Å²) in [6.45, 7) is 0.341. The van der Waals surface area contributed by atoms with Crippen LogP contribution in [0.4, 0.5) is 0 Å². The van der Waals surface area contributed by atoms with E-state index in [1.165, 1.54) is 4.57 Å². The van der Waals surface area contributed by atoms with E-state index in [0.717, 1.165) is 5.56 Å². The predicted molar refractivity (Wildman–Crippen MR) is 80.9 cm³/mol.